The van der Waals surface area contributed by atoms with E-state index in [0.29, 0.717) is 11.4 Å². The van der Waals surface area contributed by atoms with Gasteiger partial charge >= 0.3 is 0 Å². The highest BCUT2D eigenvalue weighted by atomic mass is 16.5. The number of hydrogen-bond acceptors (Lipinski definition) is 6. The van der Waals surface area contributed by atoms with Crippen molar-refractivity contribution in [3.63, 3.8) is 0 Å². The van der Waals surface area contributed by atoms with Crippen LogP contribution in [0.1, 0.15) is 0 Å². The Balaban J connectivity index is 1.77. The van der Waals surface area contributed by atoms with Crippen LogP contribution < -0.4 is 15.8 Å². The van der Waals surface area contributed by atoms with Crippen molar-refractivity contribution in [2.45, 2.75) is 6.10 Å². The average molecular weight is 279 g/mol. The molecule has 0 radical (unpaired) electrons. The van der Waals surface area contributed by atoms with Crippen molar-refractivity contribution in [3.05, 3.63) is 24.3 Å². The maximum atomic E-state index is 11.2. The van der Waals surface area contributed by atoms with Gasteiger partial charge in [-0.2, -0.15) is 0 Å². The Hall–Kier alpha value is -2.12. The van der Waals surface area contributed by atoms with E-state index >= 15 is 0 Å². The molecule has 7 heteroatoms. The lowest BCUT2D eigenvalue weighted by molar-refractivity contribution is -0.136. The van der Waals surface area contributed by atoms with Gasteiger partial charge in [-0.15, -0.1) is 0 Å². The summed E-state index contributed by atoms with van der Waals surface area (Å²) in [5, 5.41) is 12.1. The van der Waals surface area contributed by atoms with Crippen LogP contribution in [0.25, 0.3) is 0 Å². The average Bonchev–Trinajstić information content (AvgIpc) is 2.37. The summed E-state index contributed by atoms with van der Waals surface area (Å²) in [6, 6.07) is 6.82. The van der Waals surface area contributed by atoms with Crippen LogP contribution in [0.3, 0.4) is 0 Å². The molecule has 20 heavy (non-hydrogen) atoms. The monoisotopic (exact) mass is 279 g/mol. The third kappa shape index (κ3) is 4.22. The van der Waals surface area contributed by atoms with Crippen LogP contribution in [0.2, 0.25) is 0 Å². The molecule has 1 heterocycles. The normalized spacial score (nSPS) is 17.6. The molecule has 1 aliphatic heterocycles. The maximum Gasteiger partial charge on any atom is 0.240 e. The van der Waals surface area contributed by atoms with Gasteiger partial charge in [0.15, 0.2) is 0 Å². The number of nitrogens with zero attached hydrogens (tertiary/aromatic N) is 1. The number of hydrogen-bond donors (Lipinski definition) is 3. The number of nitrogens with one attached hydrogen (secondary N) is 1. The molecule has 7 nitrogen and oxygen atoms in total. The zero-order valence-electron chi connectivity index (χ0n) is 10.9. The molecule has 0 bridgehead atoms. The Labute approximate surface area is 116 Å². The third-order valence-electron chi connectivity index (χ3n) is 2.80. The third-order valence-corrected chi connectivity index (χ3v) is 2.80. The first-order chi connectivity index (χ1) is 9.52. The highest BCUT2D eigenvalue weighted by Gasteiger charge is 2.24. The number of nitrogens with two attached hydrogens (primary N) is 1. The zero-order chi connectivity index (χ0) is 14.5. The van der Waals surface area contributed by atoms with E-state index in [1.165, 1.54) is 0 Å². The van der Waals surface area contributed by atoms with Gasteiger partial charge in [-0.1, -0.05) is 0 Å². The number of anilines is 1. The van der Waals surface area contributed by atoms with E-state index in [0.717, 1.165) is 0 Å². The van der Waals surface area contributed by atoms with Gasteiger partial charge in [0.25, 0.3) is 0 Å². The van der Waals surface area contributed by atoms with Gasteiger partial charge in [0.2, 0.25) is 11.8 Å². The summed E-state index contributed by atoms with van der Waals surface area (Å²) in [6.45, 7) is 0.486. The molecule has 0 spiro atoms. The Bertz CT molecular complexity index is 473. The number of piperazine rings is 1. The first kappa shape index (κ1) is 14.3. The van der Waals surface area contributed by atoms with Crippen LogP contribution >= 0.6 is 0 Å². The summed E-state index contributed by atoms with van der Waals surface area (Å²) in [6.07, 6.45) is -0.786. The lowest BCUT2D eigenvalue weighted by Crippen LogP contribution is -2.53. The van der Waals surface area contributed by atoms with Gasteiger partial charge in [0.1, 0.15) is 18.5 Å². The van der Waals surface area contributed by atoms with E-state index < -0.39 is 6.10 Å². The molecule has 1 atom stereocenters. The van der Waals surface area contributed by atoms with E-state index in [1.807, 2.05) is 0 Å². The second-order valence-electron chi connectivity index (χ2n) is 4.67. The first-order valence-corrected chi connectivity index (χ1v) is 6.24. The molecule has 1 aromatic carbocycles. The summed E-state index contributed by atoms with van der Waals surface area (Å²) < 4.78 is 5.40. The number of rotatable bonds is 5. The van der Waals surface area contributed by atoms with E-state index in [2.05, 4.69) is 5.32 Å². The molecule has 2 amide bonds. The van der Waals surface area contributed by atoms with Crippen LogP contribution in [0, 0.1) is 0 Å². The molecule has 1 fully saturated rings. The minimum absolute atomic E-state index is 0.0796. The van der Waals surface area contributed by atoms with E-state index in [9.17, 15) is 14.7 Å². The van der Waals surface area contributed by atoms with Crippen molar-refractivity contribution in [2.24, 2.45) is 0 Å². The lowest BCUT2D eigenvalue weighted by atomic mass is 10.2. The fourth-order valence-corrected chi connectivity index (χ4v) is 1.93. The molecular formula is C13H17N3O4. The number of carbonyl (C=O) groups is 2. The SMILES string of the molecule is Nc1ccc(OCC(O)CN2CC(=O)NC(=O)C2)cc1. The van der Waals surface area contributed by atoms with Gasteiger partial charge in [-0.25, -0.2) is 0 Å². The quantitative estimate of drug-likeness (QED) is 0.470. The van der Waals surface area contributed by atoms with Crippen LogP contribution in [0.4, 0.5) is 5.69 Å². The Morgan fingerprint density at radius 2 is 1.85 bits per heavy atom. The van der Waals surface area contributed by atoms with Gasteiger partial charge in [0.05, 0.1) is 13.1 Å². The Morgan fingerprint density at radius 3 is 2.45 bits per heavy atom. The van der Waals surface area contributed by atoms with Crippen molar-refractivity contribution < 1.29 is 19.4 Å². The number of β-amino-alcohol motifs (C(OH)–C–C–N with tert-alkyl or cyclic N) is 1. The fraction of sp³-hybridized carbons (Fsp3) is 0.385. The lowest BCUT2D eigenvalue weighted by Gasteiger charge is -2.27. The molecule has 4 N–H and O–H groups in total. The molecule has 1 aliphatic rings. The molecule has 0 aromatic heterocycles. The van der Waals surface area contributed by atoms with E-state index in [-0.39, 0.29) is 38.1 Å². The van der Waals surface area contributed by atoms with Crippen LogP contribution in [0.15, 0.2) is 24.3 Å². The number of ether oxygens (including phenoxy) is 1. The summed E-state index contributed by atoms with van der Waals surface area (Å²) >= 11 is 0. The minimum atomic E-state index is -0.786. The number of carbonyl (C=O) groups excluding carboxylic acids is 2. The number of nitrogen functional groups attached to an aromatic ring is 1. The summed E-state index contributed by atoms with van der Waals surface area (Å²) in [5.74, 6) is -0.105. The number of amides is 2. The second-order valence-corrected chi connectivity index (χ2v) is 4.67. The van der Waals surface area contributed by atoms with Crippen molar-refractivity contribution in [2.75, 3.05) is 32.0 Å². The molecule has 1 aromatic rings. The molecule has 0 aliphatic carbocycles. The Morgan fingerprint density at radius 1 is 1.25 bits per heavy atom. The molecule has 108 valence electrons. The number of aliphatic hydroxyl groups excluding tert-OH is 1. The second kappa shape index (κ2) is 6.36. The smallest absolute Gasteiger partial charge is 0.240 e. The van der Waals surface area contributed by atoms with Crippen molar-refractivity contribution in [3.8, 4) is 5.75 Å². The molecular weight excluding hydrogens is 262 g/mol. The summed E-state index contributed by atoms with van der Waals surface area (Å²) in [4.78, 5) is 23.9. The minimum Gasteiger partial charge on any atom is -0.491 e. The molecule has 1 unspecified atom stereocenters. The van der Waals surface area contributed by atoms with Crippen molar-refractivity contribution in [1.29, 1.82) is 0 Å². The number of imide groups is 1. The Kier molecular flexibility index (Phi) is 4.54. The largest absolute Gasteiger partial charge is 0.491 e. The van der Waals surface area contributed by atoms with Crippen LogP contribution in [0.5, 0.6) is 5.75 Å². The first-order valence-electron chi connectivity index (χ1n) is 6.24. The summed E-state index contributed by atoms with van der Waals surface area (Å²) in [7, 11) is 0. The van der Waals surface area contributed by atoms with Gasteiger partial charge in [0, 0.05) is 12.2 Å². The zero-order valence-corrected chi connectivity index (χ0v) is 10.9. The fourth-order valence-electron chi connectivity index (χ4n) is 1.93. The van der Waals surface area contributed by atoms with Crippen molar-refractivity contribution in [1.82, 2.24) is 10.2 Å². The molecule has 0 saturated carbocycles. The number of aliphatic hydroxyl groups is 1. The van der Waals surface area contributed by atoms with Crippen LogP contribution in [-0.4, -0.2) is 54.2 Å². The molecule has 2 rings (SSSR count). The highest BCUT2D eigenvalue weighted by Crippen LogP contribution is 2.13. The standard InChI is InChI=1S/C13H17N3O4/c14-9-1-3-11(4-2-9)20-8-10(17)5-16-6-12(18)15-13(19)7-16/h1-4,10,17H,5-8,14H2,(H,15,18,19). The topological polar surface area (TPSA) is 105 Å². The van der Waals surface area contributed by atoms with Gasteiger partial charge < -0.3 is 15.6 Å². The van der Waals surface area contributed by atoms with E-state index in [4.69, 9.17) is 10.5 Å². The van der Waals surface area contributed by atoms with Gasteiger partial charge in [-0.3, -0.25) is 19.8 Å². The highest BCUT2D eigenvalue weighted by molar-refractivity contribution is 5.99. The van der Waals surface area contributed by atoms with Gasteiger partial charge in [-0.05, 0) is 24.3 Å². The predicted molar refractivity (Wildman–Crippen MR) is 71.9 cm³/mol. The maximum absolute atomic E-state index is 11.2. The van der Waals surface area contributed by atoms with E-state index in [1.54, 1.807) is 29.2 Å². The predicted octanol–water partition coefficient (Wildman–Crippen LogP) is -1.03. The summed E-state index contributed by atoms with van der Waals surface area (Å²) in [5.41, 5.74) is 6.19. The van der Waals surface area contributed by atoms with Crippen molar-refractivity contribution >= 4 is 17.5 Å². The number of benzene rings is 1. The van der Waals surface area contributed by atoms with Crippen LogP contribution in [-0.2, 0) is 9.59 Å². The molecule has 1 saturated heterocycles.